The van der Waals surface area contributed by atoms with Crippen molar-refractivity contribution in [1.29, 1.82) is 0 Å². The van der Waals surface area contributed by atoms with Gasteiger partial charge < -0.3 is 0 Å². The molecule has 0 saturated heterocycles. The molecule has 0 fully saturated rings. The molecule has 2 heterocycles. The molecule has 26 heavy (non-hydrogen) atoms. The number of thioether (sulfide) groups is 1. The number of aromatic nitrogens is 4. The molecule has 4 nitrogen and oxygen atoms in total. The van der Waals surface area contributed by atoms with E-state index in [1.807, 2.05) is 37.3 Å². The minimum atomic E-state index is -4.37. The van der Waals surface area contributed by atoms with Crippen LogP contribution in [0.25, 0.3) is 11.4 Å². The number of hydrogen-bond donors (Lipinski definition) is 0. The number of halogens is 3. The highest BCUT2D eigenvalue weighted by Crippen LogP contribution is 2.38. The summed E-state index contributed by atoms with van der Waals surface area (Å²) in [5.41, 5.74) is 1.60. The molecule has 1 atom stereocenters. The van der Waals surface area contributed by atoms with Gasteiger partial charge in [0.1, 0.15) is 6.54 Å². The Morgan fingerprint density at radius 2 is 1.73 bits per heavy atom. The molecule has 1 unspecified atom stereocenters. The lowest BCUT2D eigenvalue weighted by Crippen LogP contribution is -2.19. The van der Waals surface area contributed by atoms with Crippen LogP contribution >= 0.6 is 11.8 Å². The Bertz CT molecular complexity index is 835. The molecule has 0 spiro atoms. The van der Waals surface area contributed by atoms with Crippen LogP contribution in [0.5, 0.6) is 0 Å². The Morgan fingerprint density at radius 3 is 2.35 bits per heavy atom. The highest BCUT2D eigenvalue weighted by Gasteiger charge is 2.32. The Balaban J connectivity index is 1.97. The van der Waals surface area contributed by atoms with Crippen molar-refractivity contribution in [2.75, 3.05) is 0 Å². The minimum Gasteiger partial charge on any atom is -0.293 e. The summed E-state index contributed by atoms with van der Waals surface area (Å²) in [6.07, 6.45) is -0.562. The summed E-state index contributed by atoms with van der Waals surface area (Å²) in [4.78, 5) is 3.90. The normalized spacial score (nSPS) is 12.9. The Morgan fingerprint density at radius 1 is 1.04 bits per heavy atom. The summed E-state index contributed by atoms with van der Waals surface area (Å²) in [6.45, 7) is 0.865. The molecular formula is C18H17F3N4S. The molecule has 0 N–H and O–H groups in total. The highest BCUT2D eigenvalue weighted by atomic mass is 32.2. The van der Waals surface area contributed by atoms with Gasteiger partial charge in [0.2, 0.25) is 0 Å². The van der Waals surface area contributed by atoms with Gasteiger partial charge in [-0.25, -0.2) is 0 Å². The van der Waals surface area contributed by atoms with E-state index in [-0.39, 0.29) is 16.2 Å². The SMILES string of the molecule is CCC(Sc1nnc(-c2ccncc2)n1CC(F)(F)F)c1ccccc1. The summed E-state index contributed by atoms with van der Waals surface area (Å²) in [6, 6.07) is 12.9. The zero-order valence-electron chi connectivity index (χ0n) is 14.0. The topological polar surface area (TPSA) is 43.6 Å². The maximum atomic E-state index is 13.1. The van der Waals surface area contributed by atoms with Crippen LogP contribution in [0.1, 0.15) is 24.2 Å². The first kappa shape index (κ1) is 18.4. The van der Waals surface area contributed by atoms with E-state index in [1.165, 1.54) is 24.2 Å². The average molecular weight is 378 g/mol. The molecule has 0 aliphatic rings. The number of benzene rings is 1. The molecule has 2 aromatic heterocycles. The zero-order chi connectivity index (χ0) is 18.6. The van der Waals surface area contributed by atoms with E-state index in [9.17, 15) is 13.2 Å². The molecule has 3 rings (SSSR count). The van der Waals surface area contributed by atoms with E-state index in [1.54, 1.807) is 12.1 Å². The first-order valence-electron chi connectivity index (χ1n) is 8.10. The molecule has 1 aromatic carbocycles. The first-order valence-corrected chi connectivity index (χ1v) is 8.98. The second-order valence-electron chi connectivity index (χ2n) is 5.67. The Labute approximate surface area is 153 Å². The number of hydrogen-bond acceptors (Lipinski definition) is 4. The maximum Gasteiger partial charge on any atom is 0.406 e. The van der Waals surface area contributed by atoms with Crippen molar-refractivity contribution in [3.05, 3.63) is 60.4 Å². The van der Waals surface area contributed by atoms with Crippen LogP contribution in [-0.4, -0.2) is 25.9 Å². The number of alkyl halides is 3. The fraction of sp³-hybridized carbons (Fsp3) is 0.278. The molecule has 0 aliphatic carbocycles. The van der Waals surface area contributed by atoms with Crippen LogP contribution in [0.2, 0.25) is 0 Å². The summed E-state index contributed by atoms with van der Waals surface area (Å²) >= 11 is 1.30. The summed E-state index contributed by atoms with van der Waals surface area (Å²) in [5, 5.41) is 8.31. The molecular weight excluding hydrogens is 361 g/mol. The van der Waals surface area contributed by atoms with Crippen molar-refractivity contribution in [3.8, 4) is 11.4 Å². The van der Waals surface area contributed by atoms with Gasteiger partial charge in [-0.1, -0.05) is 49.0 Å². The fourth-order valence-corrected chi connectivity index (χ4v) is 3.67. The molecule has 0 radical (unpaired) electrons. The molecule has 136 valence electrons. The highest BCUT2D eigenvalue weighted by molar-refractivity contribution is 7.99. The molecule has 8 heteroatoms. The van der Waals surface area contributed by atoms with E-state index in [0.717, 1.165) is 16.6 Å². The third kappa shape index (κ3) is 4.43. The van der Waals surface area contributed by atoms with Crippen molar-refractivity contribution < 1.29 is 13.2 Å². The average Bonchev–Trinajstić information content (AvgIpc) is 3.01. The van der Waals surface area contributed by atoms with Gasteiger partial charge in [-0.2, -0.15) is 13.2 Å². The predicted molar refractivity (Wildman–Crippen MR) is 94.6 cm³/mol. The van der Waals surface area contributed by atoms with Crippen LogP contribution in [0, 0.1) is 0 Å². The summed E-state index contributed by atoms with van der Waals surface area (Å²) in [5.74, 6) is 0.190. The molecule has 3 aromatic rings. The van der Waals surface area contributed by atoms with Gasteiger partial charge in [0.05, 0.1) is 0 Å². The minimum absolute atomic E-state index is 0.00215. The molecule has 0 aliphatic heterocycles. The quantitative estimate of drug-likeness (QED) is 0.557. The monoisotopic (exact) mass is 378 g/mol. The number of pyridine rings is 1. The smallest absolute Gasteiger partial charge is 0.293 e. The second kappa shape index (κ2) is 7.90. The first-order chi connectivity index (χ1) is 12.5. The third-order valence-electron chi connectivity index (χ3n) is 3.78. The van der Waals surface area contributed by atoms with Gasteiger partial charge in [0.15, 0.2) is 11.0 Å². The standard InChI is InChI=1S/C18H17F3N4S/c1-2-15(13-6-4-3-5-7-13)26-17-24-23-16(14-8-10-22-11-9-14)25(17)12-18(19,20)21/h3-11,15H,2,12H2,1H3. The van der Waals surface area contributed by atoms with Crippen LogP contribution in [0.15, 0.2) is 60.0 Å². The second-order valence-corrected chi connectivity index (χ2v) is 6.84. The van der Waals surface area contributed by atoms with E-state index < -0.39 is 12.7 Å². The Hall–Kier alpha value is -2.35. The van der Waals surface area contributed by atoms with Crippen molar-refractivity contribution in [2.24, 2.45) is 0 Å². The van der Waals surface area contributed by atoms with E-state index in [4.69, 9.17) is 0 Å². The van der Waals surface area contributed by atoms with Crippen molar-refractivity contribution in [2.45, 2.75) is 36.5 Å². The number of rotatable bonds is 6. The predicted octanol–water partition coefficient (Wildman–Crippen LogP) is 5.15. The fourth-order valence-electron chi connectivity index (χ4n) is 2.59. The van der Waals surface area contributed by atoms with E-state index in [2.05, 4.69) is 15.2 Å². The van der Waals surface area contributed by atoms with Crippen molar-refractivity contribution in [3.63, 3.8) is 0 Å². The van der Waals surface area contributed by atoms with Gasteiger partial charge in [-0.3, -0.25) is 9.55 Å². The number of nitrogens with zero attached hydrogens (tertiary/aromatic N) is 4. The van der Waals surface area contributed by atoms with Crippen LogP contribution in [-0.2, 0) is 6.54 Å². The molecule has 0 bridgehead atoms. The van der Waals surface area contributed by atoms with Gasteiger partial charge in [-0.05, 0) is 24.1 Å². The zero-order valence-corrected chi connectivity index (χ0v) is 14.8. The van der Waals surface area contributed by atoms with Crippen molar-refractivity contribution in [1.82, 2.24) is 19.7 Å². The Kier molecular flexibility index (Phi) is 5.61. The van der Waals surface area contributed by atoms with Crippen LogP contribution in [0.4, 0.5) is 13.2 Å². The van der Waals surface area contributed by atoms with Crippen LogP contribution in [0.3, 0.4) is 0 Å². The largest absolute Gasteiger partial charge is 0.406 e. The lowest BCUT2D eigenvalue weighted by molar-refractivity contribution is -0.141. The third-order valence-corrected chi connectivity index (χ3v) is 5.19. The van der Waals surface area contributed by atoms with Gasteiger partial charge in [0.25, 0.3) is 0 Å². The van der Waals surface area contributed by atoms with Gasteiger partial charge >= 0.3 is 6.18 Å². The van der Waals surface area contributed by atoms with Gasteiger partial charge in [0, 0.05) is 23.2 Å². The van der Waals surface area contributed by atoms with Crippen LogP contribution < -0.4 is 0 Å². The van der Waals surface area contributed by atoms with Crippen molar-refractivity contribution >= 4 is 11.8 Å². The maximum absolute atomic E-state index is 13.1. The van der Waals surface area contributed by atoms with E-state index >= 15 is 0 Å². The molecule has 0 amide bonds. The molecule has 0 saturated carbocycles. The van der Waals surface area contributed by atoms with E-state index in [0.29, 0.717) is 5.56 Å². The lowest BCUT2D eigenvalue weighted by atomic mass is 10.1. The van der Waals surface area contributed by atoms with Gasteiger partial charge in [-0.15, -0.1) is 10.2 Å². The summed E-state index contributed by atoms with van der Waals surface area (Å²) < 4.78 is 40.5. The lowest BCUT2D eigenvalue weighted by Gasteiger charge is -2.17. The summed E-state index contributed by atoms with van der Waals surface area (Å²) in [7, 11) is 0.